The van der Waals surface area contributed by atoms with E-state index in [9.17, 15) is 13.2 Å². The molecule has 5 nitrogen and oxygen atoms in total. The Labute approximate surface area is 226 Å². The number of nitrogens with zero attached hydrogens (tertiary/aromatic N) is 1. The fourth-order valence-electron chi connectivity index (χ4n) is 4.37. The van der Waals surface area contributed by atoms with Gasteiger partial charge in [0.2, 0.25) is 5.91 Å². The van der Waals surface area contributed by atoms with Crippen LogP contribution in [0, 0.1) is 13.8 Å². The Balaban J connectivity index is 1.69. The molecule has 4 rings (SSSR count). The minimum absolute atomic E-state index is 0.141. The minimum Gasteiger partial charge on any atom is -0.344 e. The van der Waals surface area contributed by atoms with Gasteiger partial charge < -0.3 is 5.32 Å². The lowest BCUT2D eigenvalue weighted by molar-refractivity contribution is -0.120. The lowest BCUT2D eigenvalue weighted by Gasteiger charge is -2.26. The van der Waals surface area contributed by atoms with Crippen molar-refractivity contribution in [3.8, 4) is 0 Å². The summed E-state index contributed by atoms with van der Waals surface area (Å²) in [7, 11) is -4.00. The van der Waals surface area contributed by atoms with Gasteiger partial charge in [-0.15, -0.1) is 0 Å². The number of sulfonamides is 1. The molecule has 0 bridgehead atoms. The van der Waals surface area contributed by atoms with Gasteiger partial charge in [0, 0.05) is 0 Å². The summed E-state index contributed by atoms with van der Waals surface area (Å²) >= 11 is 0. The highest BCUT2D eigenvalue weighted by atomic mass is 32.2. The van der Waals surface area contributed by atoms with Crippen molar-refractivity contribution in [1.29, 1.82) is 0 Å². The maximum absolute atomic E-state index is 13.8. The summed E-state index contributed by atoms with van der Waals surface area (Å²) in [6.07, 6.45) is 0. The number of nitrogens with one attached hydrogen (secondary N) is 1. The molecule has 0 aliphatic carbocycles. The zero-order valence-corrected chi connectivity index (χ0v) is 23.1. The highest BCUT2D eigenvalue weighted by Gasteiger charge is 2.28. The molecule has 196 valence electrons. The van der Waals surface area contributed by atoms with Crippen LogP contribution in [0.1, 0.15) is 53.6 Å². The summed E-state index contributed by atoms with van der Waals surface area (Å²) in [5.41, 5.74) is 5.41. The predicted molar refractivity (Wildman–Crippen MR) is 154 cm³/mol. The summed E-state index contributed by atoms with van der Waals surface area (Å²) in [5, 5.41) is 3.09. The van der Waals surface area contributed by atoms with Gasteiger partial charge in [0.25, 0.3) is 10.0 Å². The van der Waals surface area contributed by atoms with Crippen LogP contribution in [0.25, 0.3) is 0 Å². The molecule has 6 heteroatoms. The van der Waals surface area contributed by atoms with Crippen LogP contribution in [0.2, 0.25) is 0 Å². The Morgan fingerprint density at radius 3 is 1.97 bits per heavy atom. The number of hydrogen-bond acceptors (Lipinski definition) is 3. The number of aryl methyl sites for hydroxylation is 2. The number of hydrogen-bond donors (Lipinski definition) is 1. The quantitative estimate of drug-likeness (QED) is 0.270. The second-order valence-corrected chi connectivity index (χ2v) is 11.8. The number of anilines is 1. The smallest absolute Gasteiger partial charge is 0.264 e. The highest BCUT2D eigenvalue weighted by Crippen LogP contribution is 2.27. The van der Waals surface area contributed by atoms with E-state index < -0.39 is 22.0 Å². The van der Waals surface area contributed by atoms with Crippen LogP contribution < -0.4 is 9.62 Å². The van der Waals surface area contributed by atoms with Crippen LogP contribution in [-0.2, 0) is 14.8 Å². The van der Waals surface area contributed by atoms with Crippen molar-refractivity contribution in [3.05, 3.63) is 131 Å². The first-order valence-electron chi connectivity index (χ1n) is 12.8. The van der Waals surface area contributed by atoms with Crippen molar-refractivity contribution in [1.82, 2.24) is 5.32 Å². The van der Waals surface area contributed by atoms with Gasteiger partial charge in [0.15, 0.2) is 0 Å². The molecule has 0 aliphatic heterocycles. The molecule has 0 heterocycles. The molecule has 0 fully saturated rings. The van der Waals surface area contributed by atoms with Crippen molar-refractivity contribution in [2.45, 2.75) is 44.6 Å². The van der Waals surface area contributed by atoms with E-state index in [-0.39, 0.29) is 11.4 Å². The van der Waals surface area contributed by atoms with Crippen LogP contribution in [0.3, 0.4) is 0 Å². The molecule has 1 unspecified atom stereocenters. The molecule has 0 radical (unpaired) electrons. The molecule has 1 atom stereocenters. The molecule has 0 saturated heterocycles. The van der Waals surface area contributed by atoms with E-state index in [2.05, 4.69) is 19.2 Å². The van der Waals surface area contributed by atoms with Crippen molar-refractivity contribution >= 4 is 21.6 Å². The maximum Gasteiger partial charge on any atom is 0.264 e. The highest BCUT2D eigenvalue weighted by molar-refractivity contribution is 7.92. The molecule has 0 spiro atoms. The van der Waals surface area contributed by atoms with E-state index in [4.69, 9.17) is 0 Å². The average molecular weight is 527 g/mol. The molecule has 4 aromatic rings. The second-order valence-electron chi connectivity index (χ2n) is 9.90. The molecule has 0 aromatic heterocycles. The van der Waals surface area contributed by atoms with Crippen LogP contribution in [0.15, 0.2) is 108 Å². The SMILES string of the molecule is Cc1ccc(S(=O)(=O)N(CC(=O)NC(c2ccccc2)c2cccc(C)c2)c2ccc(C(C)C)cc2)cc1. The Kier molecular flexibility index (Phi) is 8.32. The first kappa shape index (κ1) is 27.1. The number of benzene rings is 4. The third kappa shape index (κ3) is 6.32. The molecule has 38 heavy (non-hydrogen) atoms. The van der Waals surface area contributed by atoms with Crippen LogP contribution in [0.5, 0.6) is 0 Å². The Morgan fingerprint density at radius 1 is 0.737 bits per heavy atom. The van der Waals surface area contributed by atoms with Gasteiger partial charge >= 0.3 is 0 Å². The topological polar surface area (TPSA) is 66.5 Å². The summed E-state index contributed by atoms with van der Waals surface area (Å²) in [6.45, 7) is 7.72. The van der Waals surface area contributed by atoms with Gasteiger partial charge in [-0.25, -0.2) is 8.42 Å². The number of carbonyl (C=O) groups is 1. The normalized spacial score (nSPS) is 12.2. The zero-order chi connectivity index (χ0) is 27.3. The zero-order valence-electron chi connectivity index (χ0n) is 22.3. The summed E-state index contributed by atoms with van der Waals surface area (Å²) < 4.78 is 28.8. The molecule has 4 aromatic carbocycles. The van der Waals surface area contributed by atoms with Gasteiger partial charge in [0.05, 0.1) is 16.6 Å². The van der Waals surface area contributed by atoms with Gasteiger partial charge in [-0.2, -0.15) is 0 Å². The van der Waals surface area contributed by atoms with Crippen molar-refractivity contribution in [2.75, 3.05) is 10.8 Å². The van der Waals surface area contributed by atoms with E-state index >= 15 is 0 Å². The molecule has 1 amide bonds. The minimum atomic E-state index is -4.00. The fraction of sp³-hybridized carbons (Fsp3) is 0.219. The van der Waals surface area contributed by atoms with Crippen LogP contribution in [0.4, 0.5) is 5.69 Å². The van der Waals surface area contributed by atoms with Gasteiger partial charge in [-0.1, -0.05) is 104 Å². The van der Waals surface area contributed by atoms with Gasteiger partial charge in [-0.3, -0.25) is 9.10 Å². The maximum atomic E-state index is 13.8. The molecular formula is C32H34N2O3S. The van der Waals surface area contributed by atoms with Crippen LogP contribution in [-0.4, -0.2) is 20.9 Å². The monoisotopic (exact) mass is 526 g/mol. The molecule has 0 aliphatic rings. The lowest BCUT2D eigenvalue weighted by Crippen LogP contribution is -2.42. The third-order valence-corrected chi connectivity index (χ3v) is 8.35. The van der Waals surface area contributed by atoms with E-state index in [1.54, 1.807) is 36.4 Å². The fourth-order valence-corrected chi connectivity index (χ4v) is 5.79. The van der Waals surface area contributed by atoms with E-state index in [0.717, 1.165) is 27.8 Å². The third-order valence-electron chi connectivity index (χ3n) is 6.56. The summed E-state index contributed by atoms with van der Waals surface area (Å²) in [4.78, 5) is 13.7. The Bertz CT molecular complexity index is 1480. The van der Waals surface area contributed by atoms with E-state index in [0.29, 0.717) is 11.6 Å². The Morgan fingerprint density at radius 2 is 1.37 bits per heavy atom. The van der Waals surface area contributed by atoms with Crippen LogP contribution >= 0.6 is 0 Å². The van der Waals surface area contributed by atoms with Gasteiger partial charge in [-0.05, 0) is 60.7 Å². The Hall–Kier alpha value is -3.90. The molecule has 0 saturated carbocycles. The van der Waals surface area contributed by atoms with Crippen molar-refractivity contribution in [3.63, 3.8) is 0 Å². The summed E-state index contributed by atoms with van der Waals surface area (Å²) in [6, 6.07) is 31.3. The van der Waals surface area contributed by atoms with E-state index in [1.807, 2.05) is 80.6 Å². The molecule has 1 N–H and O–H groups in total. The van der Waals surface area contributed by atoms with Crippen molar-refractivity contribution in [2.24, 2.45) is 0 Å². The molecular weight excluding hydrogens is 492 g/mol. The van der Waals surface area contributed by atoms with Gasteiger partial charge in [0.1, 0.15) is 6.54 Å². The van der Waals surface area contributed by atoms with Crippen molar-refractivity contribution < 1.29 is 13.2 Å². The second kappa shape index (κ2) is 11.7. The largest absolute Gasteiger partial charge is 0.344 e. The number of carbonyl (C=O) groups excluding carboxylic acids is 1. The lowest BCUT2D eigenvalue weighted by atomic mass is 9.97. The number of rotatable bonds is 9. The first-order chi connectivity index (χ1) is 18.1. The summed E-state index contributed by atoms with van der Waals surface area (Å²) in [5.74, 6) is -0.0977. The van der Waals surface area contributed by atoms with E-state index in [1.165, 1.54) is 4.31 Å². The predicted octanol–water partition coefficient (Wildman–Crippen LogP) is 6.53. The average Bonchev–Trinajstić information content (AvgIpc) is 2.91. The standard InChI is InChI=1S/C32H34N2O3S/c1-23(2)26-15-17-29(18-16-26)34(38(36,37)30-19-13-24(3)14-20-30)22-31(35)33-32(27-10-6-5-7-11-27)28-12-8-9-25(4)21-28/h5-21,23,32H,22H2,1-4H3,(H,33,35). The number of amides is 1. The first-order valence-corrected chi connectivity index (χ1v) is 14.2.